The molecule has 0 unspecified atom stereocenters. The predicted octanol–water partition coefficient (Wildman–Crippen LogP) is 2.95. The number of thioether (sulfide) groups is 1. The summed E-state index contributed by atoms with van der Waals surface area (Å²) in [7, 11) is 0. The van der Waals surface area contributed by atoms with Crippen molar-refractivity contribution in [2.75, 3.05) is 5.75 Å². The van der Waals surface area contributed by atoms with Gasteiger partial charge in [0, 0.05) is 5.75 Å². The van der Waals surface area contributed by atoms with Gasteiger partial charge in [-0.15, -0.1) is 0 Å². The molecule has 0 fully saturated rings. The highest BCUT2D eigenvalue weighted by atomic mass is 32.2. The van der Waals surface area contributed by atoms with Crippen LogP contribution in [-0.2, 0) is 5.75 Å². The van der Waals surface area contributed by atoms with Crippen LogP contribution >= 0.6 is 11.8 Å². The second-order valence-corrected chi connectivity index (χ2v) is 4.38. The van der Waals surface area contributed by atoms with Gasteiger partial charge >= 0.3 is 5.97 Å². The second kappa shape index (κ2) is 5.05. The Hall–Kier alpha value is -0.960. The first-order chi connectivity index (χ1) is 6.65. The molecule has 14 heavy (non-hydrogen) atoms. The summed E-state index contributed by atoms with van der Waals surface area (Å²) in [5, 5.41) is 8.98. The van der Waals surface area contributed by atoms with Crippen molar-refractivity contribution in [3.05, 3.63) is 34.9 Å². The third kappa shape index (κ3) is 2.77. The first-order valence-electron chi connectivity index (χ1n) is 4.55. The molecule has 0 aliphatic rings. The van der Waals surface area contributed by atoms with E-state index in [-0.39, 0.29) is 0 Å². The molecule has 0 spiro atoms. The molecular weight excluding hydrogens is 196 g/mol. The van der Waals surface area contributed by atoms with Gasteiger partial charge in [-0.3, -0.25) is 0 Å². The van der Waals surface area contributed by atoms with Crippen molar-refractivity contribution in [1.82, 2.24) is 0 Å². The van der Waals surface area contributed by atoms with Crippen LogP contribution in [0.5, 0.6) is 0 Å². The summed E-state index contributed by atoms with van der Waals surface area (Å²) in [6.07, 6.45) is 0. The molecule has 0 saturated heterocycles. The Balaban J connectivity index is 2.96. The second-order valence-electron chi connectivity index (χ2n) is 3.10. The van der Waals surface area contributed by atoms with Crippen LogP contribution in [0.3, 0.4) is 0 Å². The van der Waals surface area contributed by atoms with Gasteiger partial charge in [0.2, 0.25) is 0 Å². The molecule has 1 aromatic carbocycles. The van der Waals surface area contributed by atoms with E-state index in [1.165, 1.54) is 0 Å². The van der Waals surface area contributed by atoms with Crippen molar-refractivity contribution < 1.29 is 9.90 Å². The first-order valence-corrected chi connectivity index (χ1v) is 5.71. The molecule has 0 bridgehead atoms. The molecule has 0 aliphatic heterocycles. The Morgan fingerprint density at radius 3 is 2.79 bits per heavy atom. The lowest BCUT2D eigenvalue weighted by atomic mass is 10.1. The number of carboxylic acids is 1. The average Bonchev–Trinajstić information content (AvgIpc) is 2.15. The van der Waals surface area contributed by atoms with Gasteiger partial charge in [-0.05, 0) is 24.3 Å². The fourth-order valence-electron chi connectivity index (χ4n) is 1.23. The summed E-state index contributed by atoms with van der Waals surface area (Å²) >= 11 is 1.74. The minimum Gasteiger partial charge on any atom is -0.478 e. The molecule has 0 radical (unpaired) electrons. The summed E-state index contributed by atoms with van der Waals surface area (Å²) in [6.45, 7) is 3.97. The Kier molecular flexibility index (Phi) is 4.01. The summed E-state index contributed by atoms with van der Waals surface area (Å²) in [5.41, 5.74) is 2.34. The molecule has 0 aromatic heterocycles. The summed E-state index contributed by atoms with van der Waals surface area (Å²) in [5.74, 6) is 0.950. The van der Waals surface area contributed by atoms with E-state index in [0.29, 0.717) is 5.56 Å². The molecule has 0 amide bonds. The number of carbonyl (C=O) groups is 1. The smallest absolute Gasteiger partial charge is 0.336 e. The molecule has 0 saturated carbocycles. The quantitative estimate of drug-likeness (QED) is 0.830. The zero-order valence-electron chi connectivity index (χ0n) is 8.41. The van der Waals surface area contributed by atoms with Crippen molar-refractivity contribution >= 4 is 17.7 Å². The van der Waals surface area contributed by atoms with Crippen molar-refractivity contribution in [1.29, 1.82) is 0 Å². The highest BCUT2D eigenvalue weighted by Crippen LogP contribution is 2.18. The fraction of sp³-hybridized carbons (Fsp3) is 0.364. The molecule has 0 atom stereocenters. The maximum Gasteiger partial charge on any atom is 0.336 e. The number of rotatable bonds is 4. The standard InChI is InChI=1S/C11H14O2S/c1-3-14-7-9-5-4-8(2)6-10(9)11(12)13/h4-6H,3,7H2,1-2H3,(H,12,13). The molecule has 2 nitrogen and oxygen atoms in total. The van der Waals surface area contributed by atoms with Crippen LogP contribution in [0, 0.1) is 6.92 Å². The van der Waals surface area contributed by atoms with Gasteiger partial charge in [0.15, 0.2) is 0 Å². The normalized spacial score (nSPS) is 10.1. The van der Waals surface area contributed by atoms with E-state index in [4.69, 9.17) is 5.11 Å². The number of hydrogen-bond donors (Lipinski definition) is 1. The Labute approximate surface area is 88.3 Å². The topological polar surface area (TPSA) is 37.3 Å². The SMILES string of the molecule is CCSCc1ccc(C)cc1C(=O)O. The van der Waals surface area contributed by atoms with Gasteiger partial charge in [0.1, 0.15) is 0 Å². The molecule has 1 N–H and O–H groups in total. The lowest BCUT2D eigenvalue weighted by Gasteiger charge is -2.05. The minimum absolute atomic E-state index is 0.436. The van der Waals surface area contributed by atoms with Gasteiger partial charge in [-0.25, -0.2) is 4.79 Å². The van der Waals surface area contributed by atoms with E-state index in [1.807, 2.05) is 19.1 Å². The molecule has 1 rings (SSSR count). The van der Waals surface area contributed by atoms with Crippen LogP contribution in [-0.4, -0.2) is 16.8 Å². The Morgan fingerprint density at radius 2 is 2.21 bits per heavy atom. The third-order valence-corrected chi connectivity index (χ3v) is 2.88. The van der Waals surface area contributed by atoms with Gasteiger partial charge < -0.3 is 5.11 Å². The molecule has 76 valence electrons. The van der Waals surface area contributed by atoms with Crippen LogP contribution < -0.4 is 0 Å². The van der Waals surface area contributed by atoms with Crippen LogP contribution in [0.4, 0.5) is 0 Å². The highest BCUT2D eigenvalue weighted by molar-refractivity contribution is 7.98. The monoisotopic (exact) mass is 210 g/mol. The number of aryl methyl sites for hydroxylation is 1. The van der Waals surface area contributed by atoms with E-state index in [9.17, 15) is 4.79 Å². The van der Waals surface area contributed by atoms with E-state index in [2.05, 4.69) is 6.92 Å². The van der Waals surface area contributed by atoms with E-state index in [0.717, 1.165) is 22.6 Å². The van der Waals surface area contributed by atoms with Crippen molar-refractivity contribution in [3.8, 4) is 0 Å². The molecule has 0 heterocycles. The zero-order chi connectivity index (χ0) is 10.6. The van der Waals surface area contributed by atoms with E-state index in [1.54, 1.807) is 17.8 Å². The molecule has 0 aliphatic carbocycles. The Morgan fingerprint density at radius 1 is 1.50 bits per heavy atom. The predicted molar refractivity (Wildman–Crippen MR) is 60.0 cm³/mol. The maximum absolute atomic E-state index is 10.9. The minimum atomic E-state index is -0.833. The number of hydrogen-bond acceptors (Lipinski definition) is 2. The average molecular weight is 210 g/mol. The third-order valence-electron chi connectivity index (χ3n) is 1.96. The largest absolute Gasteiger partial charge is 0.478 e. The van der Waals surface area contributed by atoms with Crippen molar-refractivity contribution in [3.63, 3.8) is 0 Å². The van der Waals surface area contributed by atoms with Crippen LogP contribution in [0.2, 0.25) is 0 Å². The number of benzene rings is 1. The molecule has 3 heteroatoms. The van der Waals surface area contributed by atoms with E-state index >= 15 is 0 Å². The van der Waals surface area contributed by atoms with Crippen molar-refractivity contribution in [2.24, 2.45) is 0 Å². The molecule has 1 aromatic rings. The summed E-state index contributed by atoms with van der Waals surface area (Å²) in [4.78, 5) is 10.9. The van der Waals surface area contributed by atoms with Gasteiger partial charge in [-0.2, -0.15) is 11.8 Å². The van der Waals surface area contributed by atoms with Crippen LogP contribution in [0.25, 0.3) is 0 Å². The molecular formula is C11H14O2S. The number of aromatic carboxylic acids is 1. The fourth-order valence-corrected chi connectivity index (χ4v) is 1.90. The summed E-state index contributed by atoms with van der Waals surface area (Å²) < 4.78 is 0. The van der Waals surface area contributed by atoms with E-state index < -0.39 is 5.97 Å². The first kappa shape index (κ1) is 11.1. The summed E-state index contributed by atoms with van der Waals surface area (Å²) in [6, 6.07) is 5.59. The Bertz CT molecular complexity index is 334. The van der Waals surface area contributed by atoms with Crippen molar-refractivity contribution in [2.45, 2.75) is 19.6 Å². The van der Waals surface area contributed by atoms with Crippen LogP contribution in [0.15, 0.2) is 18.2 Å². The lowest BCUT2D eigenvalue weighted by Crippen LogP contribution is -2.02. The van der Waals surface area contributed by atoms with Gasteiger partial charge in [0.05, 0.1) is 5.56 Å². The zero-order valence-corrected chi connectivity index (χ0v) is 9.23. The van der Waals surface area contributed by atoms with Gasteiger partial charge in [0.25, 0.3) is 0 Å². The van der Waals surface area contributed by atoms with Gasteiger partial charge in [-0.1, -0.05) is 24.6 Å². The number of carboxylic acid groups (broad SMARTS) is 1. The maximum atomic E-state index is 10.9. The highest BCUT2D eigenvalue weighted by Gasteiger charge is 2.09. The lowest BCUT2D eigenvalue weighted by molar-refractivity contribution is 0.0696. The van der Waals surface area contributed by atoms with Crippen LogP contribution in [0.1, 0.15) is 28.4 Å².